The van der Waals surface area contributed by atoms with Gasteiger partial charge in [0.1, 0.15) is 17.8 Å². The van der Waals surface area contributed by atoms with Crippen LogP contribution in [0.3, 0.4) is 0 Å². The second-order valence-corrected chi connectivity index (χ2v) is 7.24. The van der Waals surface area contributed by atoms with Gasteiger partial charge < -0.3 is 4.98 Å². The van der Waals surface area contributed by atoms with E-state index in [0.29, 0.717) is 12.1 Å². The van der Waals surface area contributed by atoms with E-state index in [1.807, 2.05) is 0 Å². The van der Waals surface area contributed by atoms with E-state index in [2.05, 4.69) is 20.1 Å². The Labute approximate surface area is 180 Å². The Balaban J connectivity index is 2.21. The molecule has 0 aliphatic rings. The van der Waals surface area contributed by atoms with E-state index in [9.17, 15) is 13.2 Å². The van der Waals surface area contributed by atoms with Crippen LogP contribution in [0, 0.1) is 22.7 Å². The lowest BCUT2D eigenvalue weighted by Crippen LogP contribution is -2.09. The molecule has 0 spiro atoms. The van der Waals surface area contributed by atoms with Crippen LogP contribution in [0.5, 0.6) is 0 Å². The monoisotopic (exact) mass is 479 g/mol. The average molecular weight is 481 g/mol. The highest BCUT2D eigenvalue weighted by molar-refractivity contribution is 6.44. The minimum atomic E-state index is -4.67. The number of nitriles is 2. The van der Waals surface area contributed by atoms with Gasteiger partial charge in [-0.05, 0) is 12.1 Å². The number of aromatic amines is 1. The van der Waals surface area contributed by atoms with Gasteiger partial charge >= 0.3 is 6.18 Å². The highest BCUT2D eigenvalue weighted by Gasteiger charge is 2.33. The van der Waals surface area contributed by atoms with Crippen molar-refractivity contribution in [3.8, 4) is 29.5 Å². The molecule has 3 rings (SSSR count). The third kappa shape index (κ3) is 3.98. The van der Waals surface area contributed by atoms with Crippen LogP contribution < -0.4 is 0 Å². The highest BCUT2D eigenvalue weighted by atomic mass is 35.5. The van der Waals surface area contributed by atoms with Crippen LogP contribution in [0.4, 0.5) is 13.2 Å². The van der Waals surface area contributed by atoms with Gasteiger partial charge in [-0.1, -0.05) is 46.4 Å². The zero-order chi connectivity index (χ0) is 21.5. The Kier molecular flexibility index (Phi) is 5.65. The summed E-state index contributed by atoms with van der Waals surface area (Å²) in [6.07, 6.45) is -4.67. The summed E-state index contributed by atoms with van der Waals surface area (Å²) in [4.78, 5) is 9.24. The van der Waals surface area contributed by atoms with Crippen molar-refractivity contribution in [3.63, 3.8) is 0 Å². The molecule has 0 amide bonds. The predicted octanol–water partition coefficient (Wildman–Crippen LogP) is 5.20. The maximum atomic E-state index is 13.0. The molecule has 3 aromatic rings. The Morgan fingerprint density at radius 1 is 1.07 bits per heavy atom. The van der Waals surface area contributed by atoms with Crippen LogP contribution in [0.2, 0.25) is 10.0 Å². The molecule has 1 N–H and O–H groups in total. The fourth-order valence-corrected chi connectivity index (χ4v) is 3.23. The predicted molar refractivity (Wildman–Crippen MR) is 97.8 cm³/mol. The van der Waals surface area contributed by atoms with Gasteiger partial charge in [-0.2, -0.15) is 23.7 Å². The van der Waals surface area contributed by atoms with E-state index in [4.69, 9.17) is 56.9 Å². The molecule has 0 aliphatic heterocycles. The fourth-order valence-electron chi connectivity index (χ4n) is 2.30. The lowest BCUT2D eigenvalue weighted by atomic mass is 10.2. The van der Waals surface area contributed by atoms with Crippen molar-refractivity contribution in [2.24, 2.45) is 0 Å². The van der Waals surface area contributed by atoms with E-state index in [0.717, 1.165) is 4.68 Å². The molecular weight excluding hydrogens is 477 g/mol. The summed E-state index contributed by atoms with van der Waals surface area (Å²) in [5, 5.41) is 21.3. The van der Waals surface area contributed by atoms with Crippen LogP contribution in [0.1, 0.15) is 27.6 Å². The normalized spacial score (nSPS) is 11.5. The molecule has 14 heteroatoms. The topological polar surface area (TPSA) is 107 Å². The van der Waals surface area contributed by atoms with Crippen molar-refractivity contribution in [2.45, 2.75) is 11.0 Å². The number of halogens is 7. The molecule has 2 aromatic heterocycles. The van der Waals surface area contributed by atoms with Gasteiger partial charge in [-0.15, -0.1) is 5.10 Å². The number of nitrogens with one attached hydrogen (secondary N) is 1. The number of H-pyrrole nitrogens is 1. The largest absolute Gasteiger partial charge is 0.416 e. The molecule has 0 aliphatic carbocycles. The number of imidazole rings is 1. The van der Waals surface area contributed by atoms with Gasteiger partial charge in [0.05, 0.1) is 15.6 Å². The lowest BCUT2D eigenvalue weighted by Gasteiger charge is -2.13. The van der Waals surface area contributed by atoms with Gasteiger partial charge in [0, 0.05) is 0 Å². The second-order valence-electron chi connectivity index (χ2n) is 5.32. The molecule has 2 heterocycles. The standard InChI is InChI=1S/C15H4Cl4F3N7/c16-6-1-5(15(20,21)22)2-7(17)10(6)29-14(11(18)19)27-13(28-29)12-25-8(3-23)9(4-24)26-12/h1-2,11H,(H,25,26). The minimum absolute atomic E-state index is 0.0637. The molecule has 29 heavy (non-hydrogen) atoms. The average Bonchev–Trinajstić information content (AvgIpc) is 3.24. The first-order chi connectivity index (χ1) is 13.6. The molecule has 0 saturated heterocycles. The van der Waals surface area contributed by atoms with E-state index in [1.54, 1.807) is 12.1 Å². The first-order valence-electron chi connectivity index (χ1n) is 7.29. The van der Waals surface area contributed by atoms with Crippen LogP contribution in [0.15, 0.2) is 12.1 Å². The third-order valence-electron chi connectivity index (χ3n) is 3.52. The number of benzene rings is 1. The second kappa shape index (κ2) is 7.73. The molecule has 1 aromatic carbocycles. The lowest BCUT2D eigenvalue weighted by molar-refractivity contribution is -0.137. The molecule has 0 bridgehead atoms. The maximum Gasteiger partial charge on any atom is 0.416 e. The van der Waals surface area contributed by atoms with E-state index >= 15 is 0 Å². The number of hydrogen-bond acceptors (Lipinski definition) is 5. The Bertz CT molecular complexity index is 1130. The molecule has 0 unspecified atom stereocenters. The Morgan fingerprint density at radius 2 is 1.69 bits per heavy atom. The summed E-state index contributed by atoms with van der Waals surface area (Å²) in [5.41, 5.74) is -1.53. The number of alkyl halides is 5. The van der Waals surface area contributed by atoms with Gasteiger partial charge in [0.25, 0.3) is 0 Å². The summed E-state index contributed by atoms with van der Waals surface area (Å²) in [6, 6.07) is 4.80. The van der Waals surface area contributed by atoms with Crippen LogP contribution in [-0.2, 0) is 6.18 Å². The molecule has 0 saturated carbocycles. The quantitative estimate of drug-likeness (QED) is 0.518. The first kappa shape index (κ1) is 21.2. The number of rotatable bonds is 3. The van der Waals surface area contributed by atoms with Crippen LogP contribution in [-0.4, -0.2) is 24.7 Å². The van der Waals surface area contributed by atoms with Gasteiger partial charge in [0.2, 0.25) is 5.82 Å². The summed E-state index contributed by atoms with van der Waals surface area (Å²) >= 11 is 23.8. The SMILES string of the molecule is N#Cc1nc(-c2nc(C(Cl)Cl)n(-c3c(Cl)cc(C(F)(F)F)cc3Cl)n2)[nH]c1C#N. The number of aromatic nitrogens is 5. The van der Waals surface area contributed by atoms with E-state index in [1.165, 1.54) is 0 Å². The molecule has 0 atom stereocenters. The maximum absolute atomic E-state index is 13.0. The number of hydrogen-bond donors (Lipinski definition) is 1. The first-order valence-corrected chi connectivity index (χ1v) is 8.92. The van der Waals surface area contributed by atoms with Crippen molar-refractivity contribution in [2.75, 3.05) is 0 Å². The summed E-state index contributed by atoms with van der Waals surface area (Å²) in [7, 11) is 0. The van der Waals surface area contributed by atoms with E-state index < -0.39 is 16.6 Å². The van der Waals surface area contributed by atoms with Crippen molar-refractivity contribution >= 4 is 46.4 Å². The minimum Gasteiger partial charge on any atom is -0.326 e. The zero-order valence-corrected chi connectivity index (χ0v) is 16.6. The van der Waals surface area contributed by atoms with Crippen LogP contribution >= 0.6 is 46.4 Å². The zero-order valence-electron chi connectivity index (χ0n) is 13.6. The molecule has 7 nitrogen and oxygen atoms in total. The summed E-state index contributed by atoms with van der Waals surface area (Å²) < 4.78 is 39.9. The van der Waals surface area contributed by atoms with Crippen molar-refractivity contribution < 1.29 is 13.2 Å². The van der Waals surface area contributed by atoms with Gasteiger partial charge in [0.15, 0.2) is 27.9 Å². The Morgan fingerprint density at radius 3 is 2.14 bits per heavy atom. The molecular formula is C15H4Cl4F3N7. The summed E-state index contributed by atoms with van der Waals surface area (Å²) in [5.74, 6) is -0.331. The molecule has 148 valence electrons. The molecule has 0 radical (unpaired) electrons. The van der Waals surface area contributed by atoms with E-state index in [-0.39, 0.29) is 44.6 Å². The third-order valence-corrected chi connectivity index (χ3v) is 4.48. The Hall–Kier alpha value is -2.50. The number of nitrogens with zero attached hydrogens (tertiary/aromatic N) is 6. The molecule has 0 fully saturated rings. The highest BCUT2D eigenvalue weighted by Crippen LogP contribution is 2.39. The van der Waals surface area contributed by atoms with Crippen LogP contribution in [0.25, 0.3) is 17.3 Å². The smallest absolute Gasteiger partial charge is 0.326 e. The van der Waals surface area contributed by atoms with Gasteiger partial charge in [-0.25, -0.2) is 14.6 Å². The van der Waals surface area contributed by atoms with Crippen molar-refractivity contribution in [1.29, 1.82) is 10.5 Å². The van der Waals surface area contributed by atoms with Crippen molar-refractivity contribution in [3.05, 3.63) is 45.0 Å². The summed E-state index contributed by atoms with van der Waals surface area (Å²) in [6.45, 7) is 0. The fraction of sp³-hybridized carbons (Fsp3) is 0.133. The van der Waals surface area contributed by atoms with Gasteiger partial charge in [-0.3, -0.25) is 0 Å². The van der Waals surface area contributed by atoms with Crippen molar-refractivity contribution in [1.82, 2.24) is 24.7 Å².